The summed E-state index contributed by atoms with van der Waals surface area (Å²) in [7, 11) is -3.97. The van der Waals surface area contributed by atoms with Gasteiger partial charge in [-0.05, 0) is 30.9 Å². The Hall–Kier alpha value is -0.850. The summed E-state index contributed by atoms with van der Waals surface area (Å²) in [5, 5.41) is -0.286. The van der Waals surface area contributed by atoms with E-state index in [4.69, 9.17) is 17.3 Å². The fourth-order valence-corrected chi connectivity index (χ4v) is 4.65. The van der Waals surface area contributed by atoms with E-state index in [2.05, 4.69) is 4.72 Å². The molecule has 1 aliphatic rings. The van der Waals surface area contributed by atoms with E-state index in [-0.39, 0.29) is 22.7 Å². The molecule has 118 valence electrons. The number of hydrogen-bond acceptors (Lipinski definition) is 3. The van der Waals surface area contributed by atoms with E-state index in [9.17, 15) is 12.8 Å². The molecule has 0 aromatic heterocycles. The van der Waals surface area contributed by atoms with Gasteiger partial charge in [0.15, 0.2) is 5.82 Å². The van der Waals surface area contributed by atoms with Gasteiger partial charge in [0.05, 0.1) is 5.02 Å². The van der Waals surface area contributed by atoms with Gasteiger partial charge in [0, 0.05) is 11.7 Å². The molecule has 7 heteroatoms. The van der Waals surface area contributed by atoms with E-state index in [0.29, 0.717) is 0 Å². The highest BCUT2D eigenvalue weighted by Crippen LogP contribution is 2.30. The Morgan fingerprint density at radius 2 is 2.05 bits per heavy atom. The van der Waals surface area contributed by atoms with E-state index in [1.807, 2.05) is 6.92 Å². The standard InChI is InChI=1S/C14H20ClFN2O2S/c1-2-9-5-3-4-6-12(9)18-21(19,20)13-8-10(17)7-11(15)14(13)16/h7-9,12,18H,2-6,17H2,1H3. The summed E-state index contributed by atoms with van der Waals surface area (Å²) in [6, 6.07) is 2.15. The van der Waals surface area contributed by atoms with Crippen LogP contribution in [-0.2, 0) is 10.0 Å². The lowest BCUT2D eigenvalue weighted by atomic mass is 9.83. The molecule has 1 aromatic rings. The highest BCUT2D eigenvalue weighted by molar-refractivity contribution is 7.89. The Morgan fingerprint density at radius 3 is 2.71 bits per heavy atom. The van der Waals surface area contributed by atoms with E-state index < -0.39 is 20.7 Å². The Bertz CT molecular complexity index is 622. The lowest BCUT2D eigenvalue weighted by Crippen LogP contribution is -2.42. The second-order valence-corrected chi connectivity index (χ2v) is 7.59. The second-order valence-electron chi connectivity index (χ2n) is 5.50. The lowest BCUT2D eigenvalue weighted by molar-refractivity contribution is 0.282. The van der Waals surface area contributed by atoms with Gasteiger partial charge in [-0.15, -0.1) is 0 Å². The normalized spacial score (nSPS) is 23.2. The van der Waals surface area contributed by atoms with Crippen LogP contribution in [0.25, 0.3) is 0 Å². The Balaban J connectivity index is 2.30. The molecule has 0 heterocycles. The van der Waals surface area contributed by atoms with Crippen LogP contribution < -0.4 is 10.5 Å². The van der Waals surface area contributed by atoms with Gasteiger partial charge in [0.1, 0.15) is 4.90 Å². The molecule has 0 radical (unpaired) electrons. The summed E-state index contributed by atoms with van der Waals surface area (Å²) >= 11 is 5.68. The molecule has 1 saturated carbocycles. The van der Waals surface area contributed by atoms with Crippen molar-refractivity contribution in [2.24, 2.45) is 5.92 Å². The maximum absolute atomic E-state index is 14.0. The Labute approximate surface area is 129 Å². The first-order valence-corrected chi connectivity index (χ1v) is 8.98. The van der Waals surface area contributed by atoms with Crippen LogP contribution in [0, 0.1) is 11.7 Å². The molecule has 2 atom stereocenters. The van der Waals surface area contributed by atoms with Gasteiger partial charge in [-0.2, -0.15) is 0 Å². The third-order valence-corrected chi connectivity index (χ3v) is 5.81. The van der Waals surface area contributed by atoms with Crippen LogP contribution in [0.15, 0.2) is 17.0 Å². The predicted octanol–water partition coefficient (Wildman–Crippen LogP) is 3.31. The summed E-state index contributed by atoms with van der Waals surface area (Å²) in [4.78, 5) is -0.479. The van der Waals surface area contributed by atoms with Crippen LogP contribution in [-0.4, -0.2) is 14.5 Å². The molecule has 0 bridgehead atoms. The van der Waals surface area contributed by atoms with Crippen molar-refractivity contribution in [1.29, 1.82) is 0 Å². The third-order valence-electron chi connectivity index (χ3n) is 4.05. The minimum Gasteiger partial charge on any atom is -0.399 e. The lowest BCUT2D eigenvalue weighted by Gasteiger charge is -2.31. The SMILES string of the molecule is CCC1CCCCC1NS(=O)(=O)c1cc(N)cc(Cl)c1F. The number of hydrogen-bond donors (Lipinski definition) is 2. The number of benzene rings is 1. The molecule has 1 fully saturated rings. The summed E-state index contributed by atoms with van der Waals surface area (Å²) in [6.45, 7) is 2.04. The number of nitrogens with one attached hydrogen (secondary N) is 1. The quantitative estimate of drug-likeness (QED) is 0.830. The van der Waals surface area contributed by atoms with E-state index in [1.54, 1.807) is 0 Å². The summed E-state index contributed by atoms with van der Waals surface area (Å²) in [5.74, 6) is -0.671. The van der Waals surface area contributed by atoms with Crippen molar-refractivity contribution in [2.75, 3.05) is 5.73 Å². The summed E-state index contributed by atoms with van der Waals surface area (Å²) in [6.07, 6.45) is 4.74. The fourth-order valence-electron chi connectivity index (χ4n) is 2.89. The van der Waals surface area contributed by atoms with Crippen LogP contribution in [0.4, 0.5) is 10.1 Å². The van der Waals surface area contributed by atoms with Gasteiger partial charge in [0.2, 0.25) is 10.0 Å². The number of nitrogen functional groups attached to an aromatic ring is 1. The zero-order chi connectivity index (χ0) is 15.6. The van der Waals surface area contributed by atoms with Crippen molar-refractivity contribution < 1.29 is 12.8 Å². The molecule has 4 nitrogen and oxygen atoms in total. The van der Waals surface area contributed by atoms with Crippen LogP contribution in [0.5, 0.6) is 0 Å². The van der Waals surface area contributed by atoms with Crippen molar-refractivity contribution in [3.63, 3.8) is 0 Å². The Morgan fingerprint density at radius 1 is 1.38 bits per heavy atom. The average Bonchev–Trinajstić information content (AvgIpc) is 2.43. The van der Waals surface area contributed by atoms with E-state index in [1.165, 1.54) is 6.07 Å². The highest BCUT2D eigenvalue weighted by Gasteiger charge is 2.30. The number of halogens is 2. The minimum absolute atomic E-state index is 0.123. The molecule has 1 aliphatic carbocycles. The highest BCUT2D eigenvalue weighted by atomic mass is 35.5. The first-order valence-electron chi connectivity index (χ1n) is 7.12. The maximum atomic E-state index is 14.0. The van der Waals surface area contributed by atoms with Crippen LogP contribution in [0.3, 0.4) is 0 Å². The van der Waals surface area contributed by atoms with Crippen LogP contribution >= 0.6 is 11.6 Å². The molecule has 21 heavy (non-hydrogen) atoms. The van der Waals surface area contributed by atoms with Crippen molar-refractivity contribution in [3.05, 3.63) is 23.0 Å². The average molecular weight is 335 g/mol. The monoisotopic (exact) mass is 334 g/mol. The van der Waals surface area contributed by atoms with Crippen molar-refractivity contribution in [2.45, 2.75) is 50.0 Å². The zero-order valence-electron chi connectivity index (χ0n) is 11.9. The van der Waals surface area contributed by atoms with Crippen molar-refractivity contribution in [3.8, 4) is 0 Å². The van der Waals surface area contributed by atoms with Crippen LogP contribution in [0.1, 0.15) is 39.0 Å². The fraction of sp³-hybridized carbons (Fsp3) is 0.571. The predicted molar refractivity (Wildman–Crippen MR) is 82.2 cm³/mol. The van der Waals surface area contributed by atoms with Gasteiger partial charge in [-0.1, -0.05) is 37.8 Å². The summed E-state index contributed by atoms with van der Waals surface area (Å²) < 4.78 is 41.5. The number of sulfonamides is 1. The third kappa shape index (κ3) is 3.67. The molecule has 0 aliphatic heterocycles. The zero-order valence-corrected chi connectivity index (χ0v) is 13.5. The van der Waals surface area contributed by atoms with Gasteiger partial charge in [-0.25, -0.2) is 17.5 Å². The minimum atomic E-state index is -3.97. The van der Waals surface area contributed by atoms with E-state index >= 15 is 0 Å². The largest absolute Gasteiger partial charge is 0.399 e. The molecule has 2 rings (SSSR count). The van der Waals surface area contributed by atoms with Crippen molar-refractivity contribution >= 4 is 27.3 Å². The molecular formula is C14H20ClFN2O2S. The van der Waals surface area contributed by atoms with E-state index in [0.717, 1.165) is 38.2 Å². The Kier molecular flexibility index (Phi) is 5.11. The molecule has 0 amide bonds. The van der Waals surface area contributed by atoms with Gasteiger partial charge >= 0.3 is 0 Å². The first kappa shape index (κ1) is 16.5. The topological polar surface area (TPSA) is 72.2 Å². The molecule has 1 aromatic carbocycles. The number of nitrogens with two attached hydrogens (primary N) is 1. The maximum Gasteiger partial charge on any atom is 0.243 e. The number of rotatable bonds is 4. The van der Waals surface area contributed by atoms with Gasteiger partial charge in [-0.3, -0.25) is 0 Å². The second kappa shape index (κ2) is 6.50. The number of anilines is 1. The molecule has 2 unspecified atom stereocenters. The molecule has 3 N–H and O–H groups in total. The van der Waals surface area contributed by atoms with Crippen LogP contribution in [0.2, 0.25) is 5.02 Å². The molecular weight excluding hydrogens is 315 g/mol. The molecule has 0 spiro atoms. The smallest absolute Gasteiger partial charge is 0.243 e. The first-order chi connectivity index (χ1) is 9.85. The molecule has 0 saturated heterocycles. The van der Waals surface area contributed by atoms with Crippen molar-refractivity contribution in [1.82, 2.24) is 4.72 Å². The summed E-state index contributed by atoms with van der Waals surface area (Å²) in [5.41, 5.74) is 5.69. The van der Waals surface area contributed by atoms with Gasteiger partial charge in [0.25, 0.3) is 0 Å². The van der Waals surface area contributed by atoms with Gasteiger partial charge < -0.3 is 5.73 Å².